The van der Waals surface area contributed by atoms with E-state index in [1.54, 1.807) is 0 Å². The van der Waals surface area contributed by atoms with Gasteiger partial charge in [0.25, 0.3) is 0 Å². The first-order chi connectivity index (χ1) is 16.4. The second-order valence-corrected chi connectivity index (χ2v) is 10.1. The molecule has 2 rings (SSSR count). The standard InChI is InChI=1S/C18H35N3O4.C8H10.CH4O/c1-12(2)15-20-14(8-9-19-17(23)25-18(5,6)7)16(22)21(15)10-11-24-13(3)4;1-8-6-4-2-3-5-7-8;1-2/h12-15,20H,8-11H2,1-7H3,(H,19,23);2-6H,7H2,1H3;2H,1H3. The first kappa shape index (κ1) is 32.8. The number of nitrogens with zero attached hydrogens (tertiary/aromatic N) is 1. The van der Waals surface area contributed by atoms with Gasteiger partial charge in [0.15, 0.2) is 0 Å². The average Bonchev–Trinajstić information content (AvgIpc) is 2.90. The van der Waals surface area contributed by atoms with E-state index in [1.165, 1.54) is 5.57 Å². The maximum atomic E-state index is 12.7. The van der Waals surface area contributed by atoms with Gasteiger partial charge in [0.2, 0.25) is 5.91 Å². The molecular weight excluding hydrogens is 446 g/mol. The number of rotatable bonds is 8. The van der Waals surface area contributed by atoms with E-state index in [4.69, 9.17) is 14.6 Å². The molecule has 0 aromatic heterocycles. The van der Waals surface area contributed by atoms with E-state index >= 15 is 0 Å². The number of carbonyl (C=O) groups excluding carboxylic acids is 2. The van der Waals surface area contributed by atoms with Crippen LogP contribution < -0.4 is 10.6 Å². The molecule has 2 atom stereocenters. The van der Waals surface area contributed by atoms with Crippen LogP contribution in [0.2, 0.25) is 0 Å². The summed E-state index contributed by atoms with van der Waals surface area (Å²) >= 11 is 0. The van der Waals surface area contributed by atoms with Crippen molar-refractivity contribution in [2.45, 2.75) is 92.1 Å². The zero-order chi connectivity index (χ0) is 27.0. The fourth-order valence-corrected chi connectivity index (χ4v) is 3.42. The van der Waals surface area contributed by atoms with Crippen LogP contribution in [0.4, 0.5) is 4.79 Å². The first-order valence-electron chi connectivity index (χ1n) is 12.5. The number of aliphatic hydroxyl groups is 1. The molecule has 1 heterocycles. The molecule has 1 saturated heterocycles. The Hall–Kier alpha value is -2.16. The lowest BCUT2D eigenvalue weighted by Gasteiger charge is -2.27. The molecule has 1 aliphatic carbocycles. The number of aliphatic hydroxyl groups excluding tert-OH is 1. The highest BCUT2D eigenvalue weighted by Crippen LogP contribution is 2.19. The van der Waals surface area contributed by atoms with Crippen LogP contribution in [0.15, 0.2) is 36.0 Å². The van der Waals surface area contributed by atoms with Crippen LogP contribution in [0.25, 0.3) is 0 Å². The number of hydrogen-bond donors (Lipinski definition) is 3. The van der Waals surface area contributed by atoms with Gasteiger partial charge in [0.1, 0.15) is 5.60 Å². The number of allylic oxidation sites excluding steroid dienone is 6. The molecular formula is C27H49N3O5. The average molecular weight is 496 g/mol. The third-order valence-corrected chi connectivity index (χ3v) is 4.98. The van der Waals surface area contributed by atoms with Crippen LogP contribution in [0.3, 0.4) is 0 Å². The Bertz CT molecular complexity index is 708. The fourth-order valence-electron chi connectivity index (χ4n) is 3.42. The molecule has 1 aliphatic heterocycles. The van der Waals surface area contributed by atoms with Gasteiger partial charge in [-0.1, -0.05) is 49.8 Å². The number of hydrogen-bond acceptors (Lipinski definition) is 6. The lowest BCUT2D eigenvalue weighted by Crippen LogP contribution is -2.43. The Kier molecular flexibility index (Phi) is 16.2. The van der Waals surface area contributed by atoms with Gasteiger partial charge in [0, 0.05) is 20.2 Å². The molecule has 2 unspecified atom stereocenters. The largest absolute Gasteiger partial charge is 0.444 e. The lowest BCUT2D eigenvalue weighted by atomic mass is 10.1. The molecule has 8 heteroatoms. The second-order valence-electron chi connectivity index (χ2n) is 10.1. The minimum Gasteiger partial charge on any atom is -0.444 e. The predicted molar refractivity (Wildman–Crippen MR) is 142 cm³/mol. The minimum atomic E-state index is -0.526. The quantitative estimate of drug-likeness (QED) is 0.467. The van der Waals surface area contributed by atoms with E-state index in [2.05, 4.69) is 61.8 Å². The van der Waals surface area contributed by atoms with Gasteiger partial charge >= 0.3 is 6.09 Å². The summed E-state index contributed by atoms with van der Waals surface area (Å²) in [5.41, 5.74) is 0.900. The maximum absolute atomic E-state index is 12.7. The summed E-state index contributed by atoms with van der Waals surface area (Å²) in [4.78, 5) is 26.2. The molecule has 202 valence electrons. The Balaban J connectivity index is 0.000000961. The Morgan fingerprint density at radius 3 is 2.43 bits per heavy atom. The van der Waals surface area contributed by atoms with Gasteiger partial charge in [0.05, 0.1) is 24.9 Å². The topological polar surface area (TPSA) is 100 Å². The molecule has 2 amide bonds. The number of carbonyl (C=O) groups is 2. The highest BCUT2D eigenvalue weighted by atomic mass is 16.6. The number of amides is 2. The summed E-state index contributed by atoms with van der Waals surface area (Å²) in [6.45, 7) is 17.2. The Labute approximate surface area is 212 Å². The summed E-state index contributed by atoms with van der Waals surface area (Å²) in [6.07, 6.45) is 11.8. The second kappa shape index (κ2) is 17.3. The van der Waals surface area contributed by atoms with Crippen molar-refractivity contribution in [2.75, 3.05) is 26.8 Å². The smallest absolute Gasteiger partial charge is 0.407 e. The van der Waals surface area contributed by atoms with Crippen molar-refractivity contribution in [3.63, 3.8) is 0 Å². The van der Waals surface area contributed by atoms with Crippen LogP contribution in [-0.4, -0.2) is 72.7 Å². The van der Waals surface area contributed by atoms with E-state index < -0.39 is 11.7 Å². The van der Waals surface area contributed by atoms with Crippen molar-refractivity contribution in [3.8, 4) is 0 Å². The zero-order valence-electron chi connectivity index (χ0n) is 23.3. The van der Waals surface area contributed by atoms with Crippen LogP contribution in [0.5, 0.6) is 0 Å². The first-order valence-corrected chi connectivity index (χ1v) is 12.5. The number of ether oxygens (including phenoxy) is 2. The molecule has 0 aromatic carbocycles. The third-order valence-electron chi connectivity index (χ3n) is 4.98. The van der Waals surface area contributed by atoms with E-state index in [-0.39, 0.29) is 24.2 Å². The monoisotopic (exact) mass is 495 g/mol. The zero-order valence-corrected chi connectivity index (χ0v) is 23.3. The Morgan fingerprint density at radius 2 is 1.86 bits per heavy atom. The molecule has 0 bridgehead atoms. The number of nitrogens with one attached hydrogen (secondary N) is 2. The highest BCUT2D eigenvalue weighted by molar-refractivity contribution is 5.84. The molecule has 3 N–H and O–H groups in total. The minimum absolute atomic E-state index is 0.00483. The maximum Gasteiger partial charge on any atom is 0.407 e. The van der Waals surface area contributed by atoms with Gasteiger partial charge in [-0.2, -0.15) is 0 Å². The third kappa shape index (κ3) is 14.8. The van der Waals surface area contributed by atoms with Gasteiger partial charge in [-0.25, -0.2) is 4.79 Å². The van der Waals surface area contributed by atoms with E-state index in [0.717, 1.165) is 13.5 Å². The van der Waals surface area contributed by atoms with Crippen LogP contribution >= 0.6 is 0 Å². The molecule has 0 aromatic rings. The summed E-state index contributed by atoms with van der Waals surface area (Å²) in [5.74, 6) is 0.365. The van der Waals surface area contributed by atoms with Crippen molar-refractivity contribution in [2.24, 2.45) is 5.92 Å². The molecule has 0 saturated carbocycles. The van der Waals surface area contributed by atoms with Crippen molar-refractivity contribution in [1.82, 2.24) is 15.5 Å². The van der Waals surface area contributed by atoms with Crippen molar-refractivity contribution in [1.29, 1.82) is 0 Å². The highest BCUT2D eigenvalue weighted by Gasteiger charge is 2.39. The normalized spacial score (nSPS) is 19.5. The molecule has 35 heavy (non-hydrogen) atoms. The fraction of sp³-hybridized carbons (Fsp3) is 0.704. The van der Waals surface area contributed by atoms with Gasteiger partial charge in [-0.3, -0.25) is 10.1 Å². The van der Waals surface area contributed by atoms with E-state index in [1.807, 2.05) is 39.5 Å². The summed E-state index contributed by atoms with van der Waals surface area (Å²) in [6, 6.07) is -0.290. The predicted octanol–water partition coefficient (Wildman–Crippen LogP) is 4.17. The summed E-state index contributed by atoms with van der Waals surface area (Å²) < 4.78 is 10.8. The lowest BCUT2D eigenvalue weighted by molar-refractivity contribution is -0.131. The van der Waals surface area contributed by atoms with Crippen LogP contribution in [0.1, 0.15) is 68.2 Å². The van der Waals surface area contributed by atoms with Crippen molar-refractivity contribution >= 4 is 12.0 Å². The van der Waals surface area contributed by atoms with Gasteiger partial charge in [-0.05, 0) is 60.3 Å². The molecule has 0 radical (unpaired) electrons. The molecule has 0 spiro atoms. The van der Waals surface area contributed by atoms with E-state index in [0.29, 0.717) is 32.0 Å². The van der Waals surface area contributed by atoms with Crippen molar-refractivity contribution < 1.29 is 24.2 Å². The van der Waals surface area contributed by atoms with E-state index in [9.17, 15) is 9.59 Å². The SMILES string of the molecule is CC(C)OCCN1C(=O)C(CCNC(=O)OC(C)(C)C)NC1C(C)C.CC1=CC=CC=CC1.CO. The molecule has 8 nitrogen and oxygen atoms in total. The van der Waals surface area contributed by atoms with Gasteiger partial charge in [-0.15, -0.1) is 0 Å². The molecule has 2 aliphatic rings. The van der Waals surface area contributed by atoms with Gasteiger partial charge < -0.3 is 24.8 Å². The summed E-state index contributed by atoms with van der Waals surface area (Å²) in [5, 5.41) is 13.1. The summed E-state index contributed by atoms with van der Waals surface area (Å²) in [7, 11) is 1.00. The van der Waals surface area contributed by atoms with Crippen LogP contribution in [0, 0.1) is 5.92 Å². The number of alkyl carbamates (subject to hydrolysis) is 1. The van der Waals surface area contributed by atoms with Crippen LogP contribution in [-0.2, 0) is 14.3 Å². The molecule has 1 fully saturated rings. The van der Waals surface area contributed by atoms with Crippen molar-refractivity contribution in [3.05, 3.63) is 36.0 Å². The Morgan fingerprint density at radius 1 is 1.20 bits per heavy atom.